The van der Waals surface area contributed by atoms with Gasteiger partial charge in [-0.25, -0.2) is 4.98 Å². The molecule has 0 aliphatic carbocycles. The zero-order chi connectivity index (χ0) is 15.3. The summed E-state index contributed by atoms with van der Waals surface area (Å²) in [5.41, 5.74) is 0.895. The minimum atomic E-state index is -4.21. The molecule has 0 saturated carbocycles. The van der Waals surface area contributed by atoms with Crippen LogP contribution < -0.4 is 10.2 Å². The van der Waals surface area contributed by atoms with Gasteiger partial charge in [0, 0.05) is 18.0 Å². The van der Waals surface area contributed by atoms with Crippen molar-refractivity contribution in [2.75, 3.05) is 24.5 Å². The Kier molecular flexibility index (Phi) is 6.26. The Bertz CT molecular complexity index is 415. The standard InChI is InChI=1S/C13H22F3N3S/c1-5-17-7-10-11(9(3)4)18-12(20-10)19(6-2)8-13(14,15)16/h9,17H,5-8H2,1-4H3. The molecular weight excluding hydrogens is 287 g/mol. The van der Waals surface area contributed by atoms with E-state index < -0.39 is 12.7 Å². The van der Waals surface area contributed by atoms with Crippen molar-refractivity contribution in [3.63, 3.8) is 0 Å². The van der Waals surface area contributed by atoms with Gasteiger partial charge < -0.3 is 10.2 Å². The topological polar surface area (TPSA) is 28.2 Å². The van der Waals surface area contributed by atoms with Crippen molar-refractivity contribution in [2.45, 2.75) is 46.3 Å². The van der Waals surface area contributed by atoms with Crippen LogP contribution in [0.5, 0.6) is 0 Å². The highest BCUT2D eigenvalue weighted by atomic mass is 32.1. The molecule has 20 heavy (non-hydrogen) atoms. The van der Waals surface area contributed by atoms with Crippen LogP contribution in [0.2, 0.25) is 0 Å². The van der Waals surface area contributed by atoms with E-state index in [-0.39, 0.29) is 5.92 Å². The Morgan fingerprint density at radius 2 is 1.95 bits per heavy atom. The highest BCUT2D eigenvalue weighted by Gasteiger charge is 2.31. The first kappa shape index (κ1) is 17.2. The lowest BCUT2D eigenvalue weighted by Crippen LogP contribution is -2.34. The molecule has 0 amide bonds. The Labute approximate surface area is 122 Å². The number of alkyl halides is 3. The van der Waals surface area contributed by atoms with Gasteiger partial charge in [-0.3, -0.25) is 0 Å². The van der Waals surface area contributed by atoms with E-state index in [1.54, 1.807) is 6.92 Å². The van der Waals surface area contributed by atoms with Gasteiger partial charge in [-0.1, -0.05) is 20.8 Å². The number of hydrogen-bond donors (Lipinski definition) is 1. The number of anilines is 1. The molecule has 0 aliphatic rings. The lowest BCUT2D eigenvalue weighted by Gasteiger charge is -2.21. The lowest BCUT2D eigenvalue weighted by molar-refractivity contribution is -0.119. The lowest BCUT2D eigenvalue weighted by atomic mass is 10.1. The molecule has 1 aromatic rings. The summed E-state index contributed by atoms with van der Waals surface area (Å²) in [5, 5.41) is 3.67. The molecule has 0 radical (unpaired) electrons. The van der Waals surface area contributed by atoms with Gasteiger partial charge in [-0.15, -0.1) is 11.3 Å². The second-order valence-electron chi connectivity index (χ2n) is 4.87. The summed E-state index contributed by atoms with van der Waals surface area (Å²) in [7, 11) is 0. The van der Waals surface area contributed by atoms with E-state index in [4.69, 9.17) is 0 Å². The van der Waals surface area contributed by atoms with Crippen LogP contribution in [0, 0.1) is 0 Å². The molecule has 0 aliphatic heterocycles. The summed E-state index contributed by atoms with van der Waals surface area (Å²) in [6, 6.07) is 0. The molecule has 0 aromatic carbocycles. The van der Waals surface area contributed by atoms with Crippen molar-refractivity contribution in [3.8, 4) is 0 Å². The maximum Gasteiger partial charge on any atom is 0.406 e. The Balaban J connectivity index is 2.98. The number of rotatable bonds is 7. The molecule has 0 fully saturated rings. The van der Waals surface area contributed by atoms with Crippen LogP contribution in [-0.2, 0) is 6.54 Å². The van der Waals surface area contributed by atoms with Gasteiger partial charge in [0.1, 0.15) is 6.54 Å². The molecular formula is C13H22F3N3S. The fraction of sp³-hybridized carbons (Fsp3) is 0.769. The Morgan fingerprint density at radius 1 is 1.30 bits per heavy atom. The van der Waals surface area contributed by atoms with Crippen LogP contribution in [0.15, 0.2) is 0 Å². The van der Waals surface area contributed by atoms with E-state index in [0.29, 0.717) is 18.2 Å². The summed E-state index contributed by atoms with van der Waals surface area (Å²) < 4.78 is 37.7. The number of thiazole rings is 1. The fourth-order valence-electron chi connectivity index (χ4n) is 1.83. The van der Waals surface area contributed by atoms with Crippen LogP contribution in [0.4, 0.5) is 18.3 Å². The van der Waals surface area contributed by atoms with Crippen molar-refractivity contribution >= 4 is 16.5 Å². The molecule has 7 heteroatoms. The smallest absolute Gasteiger partial charge is 0.339 e. The number of halogens is 3. The molecule has 1 heterocycles. The average molecular weight is 309 g/mol. The summed E-state index contributed by atoms with van der Waals surface area (Å²) in [6.07, 6.45) is -4.21. The van der Waals surface area contributed by atoms with Crippen molar-refractivity contribution < 1.29 is 13.2 Å². The molecule has 0 unspecified atom stereocenters. The minimum absolute atomic E-state index is 0.207. The SMILES string of the molecule is CCNCc1sc(N(CC)CC(F)(F)F)nc1C(C)C. The minimum Gasteiger partial charge on any atom is -0.339 e. The Morgan fingerprint density at radius 3 is 2.40 bits per heavy atom. The van der Waals surface area contributed by atoms with Crippen LogP contribution in [-0.4, -0.2) is 30.8 Å². The molecule has 0 spiro atoms. The second-order valence-corrected chi connectivity index (χ2v) is 5.93. The number of nitrogens with zero attached hydrogens (tertiary/aromatic N) is 2. The van der Waals surface area contributed by atoms with Gasteiger partial charge >= 0.3 is 6.18 Å². The zero-order valence-electron chi connectivity index (χ0n) is 12.3. The van der Waals surface area contributed by atoms with Gasteiger partial charge in [0.25, 0.3) is 0 Å². The molecule has 0 atom stereocenters. The van der Waals surface area contributed by atoms with Gasteiger partial charge in [0.15, 0.2) is 5.13 Å². The van der Waals surface area contributed by atoms with Crippen LogP contribution >= 0.6 is 11.3 Å². The fourth-order valence-corrected chi connectivity index (χ4v) is 3.08. The molecule has 0 saturated heterocycles. The van der Waals surface area contributed by atoms with Gasteiger partial charge in [0.2, 0.25) is 0 Å². The van der Waals surface area contributed by atoms with E-state index in [1.165, 1.54) is 16.2 Å². The highest BCUT2D eigenvalue weighted by molar-refractivity contribution is 7.15. The Hall–Kier alpha value is -0.820. The van der Waals surface area contributed by atoms with E-state index in [1.807, 2.05) is 20.8 Å². The van der Waals surface area contributed by atoms with Crippen LogP contribution in [0.3, 0.4) is 0 Å². The summed E-state index contributed by atoms with van der Waals surface area (Å²) in [5.74, 6) is 0.207. The predicted octanol–water partition coefficient (Wildman–Crippen LogP) is 3.76. The van der Waals surface area contributed by atoms with Crippen molar-refractivity contribution in [3.05, 3.63) is 10.6 Å². The molecule has 3 nitrogen and oxygen atoms in total. The van der Waals surface area contributed by atoms with Crippen molar-refractivity contribution in [1.82, 2.24) is 10.3 Å². The van der Waals surface area contributed by atoms with E-state index in [0.717, 1.165) is 17.1 Å². The number of aromatic nitrogens is 1. The van der Waals surface area contributed by atoms with Crippen LogP contribution in [0.25, 0.3) is 0 Å². The molecule has 1 rings (SSSR count). The van der Waals surface area contributed by atoms with E-state index >= 15 is 0 Å². The summed E-state index contributed by atoms with van der Waals surface area (Å²) in [6.45, 7) is 8.56. The summed E-state index contributed by atoms with van der Waals surface area (Å²) >= 11 is 1.35. The maximum absolute atomic E-state index is 12.6. The molecule has 1 N–H and O–H groups in total. The molecule has 1 aromatic heterocycles. The van der Waals surface area contributed by atoms with Crippen molar-refractivity contribution in [1.29, 1.82) is 0 Å². The second kappa shape index (κ2) is 7.26. The first-order valence-electron chi connectivity index (χ1n) is 6.80. The molecule has 0 bridgehead atoms. The van der Waals surface area contributed by atoms with Gasteiger partial charge in [0.05, 0.1) is 5.69 Å². The third-order valence-electron chi connectivity index (χ3n) is 2.82. The normalized spacial score (nSPS) is 12.2. The maximum atomic E-state index is 12.6. The molecule has 116 valence electrons. The van der Waals surface area contributed by atoms with Gasteiger partial charge in [-0.05, 0) is 19.4 Å². The largest absolute Gasteiger partial charge is 0.406 e. The third kappa shape index (κ3) is 4.94. The predicted molar refractivity (Wildman–Crippen MR) is 77.5 cm³/mol. The highest BCUT2D eigenvalue weighted by Crippen LogP contribution is 2.32. The third-order valence-corrected chi connectivity index (χ3v) is 3.95. The van der Waals surface area contributed by atoms with Gasteiger partial charge in [-0.2, -0.15) is 13.2 Å². The van der Waals surface area contributed by atoms with E-state index in [9.17, 15) is 13.2 Å². The number of hydrogen-bond acceptors (Lipinski definition) is 4. The quantitative estimate of drug-likeness (QED) is 0.831. The first-order chi connectivity index (χ1) is 9.28. The first-order valence-corrected chi connectivity index (χ1v) is 7.62. The average Bonchev–Trinajstić information content (AvgIpc) is 2.76. The van der Waals surface area contributed by atoms with Crippen LogP contribution in [0.1, 0.15) is 44.2 Å². The van der Waals surface area contributed by atoms with Crippen molar-refractivity contribution in [2.24, 2.45) is 0 Å². The monoisotopic (exact) mass is 309 g/mol. The summed E-state index contributed by atoms with van der Waals surface area (Å²) in [4.78, 5) is 6.73. The number of nitrogens with one attached hydrogen (secondary N) is 1. The zero-order valence-corrected chi connectivity index (χ0v) is 13.2. The van der Waals surface area contributed by atoms with E-state index in [2.05, 4.69) is 10.3 Å².